The smallest absolute Gasteiger partial charge is 0.123 e. The van der Waals surface area contributed by atoms with E-state index < -0.39 is 0 Å². The number of halogens is 1. The van der Waals surface area contributed by atoms with E-state index in [-0.39, 0.29) is 11.9 Å². The molecule has 1 unspecified atom stereocenters. The van der Waals surface area contributed by atoms with Crippen LogP contribution in [0.25, 0.3) is 0 Å². The maximum absolute atomic E-state index is 12.8. The molecule has 5 heteroatoms. The normalized spacial score (nSPS) is 12.4. The van der Waals surface area contributed by atoms with Gasteiger partial charge < -0.3 is 0 Å². The van der Waals surface area contributed by atoms with Gasteiger partial charge in [-0.1, -0.05) is 12.1 Å². The minimum atomic E-state index is -0.245. The lowest BCUT2D eigenvalue weighted by atomic mass is 10.0. The van der Waals surface area contributed by atoms with Crippen LogP contribution in [0.2, 0.25) is 0 Å². The Morgan fingerprint density at radius 2 is 2.00 bits per heavy atom. The summed E-state index contributed by atoms with van der Waals surface area (Å²) >= 11 is 0. The molecule has 4 nitrogen and oxygen atoms in total. The van der Waals surface area contributed by atoms with Crippen molar-refractivity contribution in [2.45, 2.75) is 12.5 Å². The van der Waals surface area contributed by atoms with Gasteiger partial charge in [-0.2, -0.15) is 0 Å². The molecular formula is C12H13FN4. The Morgan fingerprint density at radius 1 is 1.24 bits per heavy atom. The molecule has 1 aromatic heterocycles. The fraction of sp³-hybridized carbons (Fsp3) is 0.167. The van der Waals surface area contributed by atoms with Crippen LogP contribution in [0.3, 0.4) is 0 Å². The Hall–Kier alpha value is -1.85. The van der Waals surface area contributed by atoms with Crippen molar-refractivity contribution in [2.24, 2.45) is 5.84 Å². The third-order valence-electron chi connectivity index (χ3n) is 2.49. The molecule has 1 aromatic carbocycles. The Kier molecular flexibility index (Phi) is 3.74. The summed E-state index contributed by atoms with van der Waals surface area (Å²) in [6.07, 6.45) is 5.52. The predicted octanol–water partition coefficient (Wildman–Crippen LogP) is 1.36. The molecule has 0 radical (unpaired) electrons. The van der Waals surface area contributed by atoms with E-state index in [1.165, 1.54) is 12.1 Å². The zero-order valence-electron chi connectivity index (χ0n) is 9.18. The van der Waals surface area contributed by atoms with Gasteiger partial charge in [0.1, 0.15) is 5.82 Å². The molecule has 0 fully saturated rings. The molecule has 1 heterocycles. The Labute approximate surface area is 98.7 Å². The van der Waals surface area contributed by atoms with Crippen LogP contribution in [0, 0.1) is 5.82 Å². The lowest BCUT2D eigenvalue weighted by Gasteiger charge is -2.14. The number of nitrogens with two attached hydrogens (primary N) is 1. The summed E-state index contributed by atoms with van der Waals surface area (Å²) < 4.78 is 12.8. The molecule has 17 heavy (non-hydrogen) atoms. The van der Waals surface area contributed by atoms with Crippen LogP contribution in [0.5, 0.6) is 0 Å². The van der Waals surface area contributed by atoms with Crippen LogP contribution in [0.15, 0.2) is 42.9 Å². The summed E-state index contributed by atoms with van der Waals surface area (Å²) in [5, 5.41) is 0. The molecule has 0 saturated carbocycles. The Bertz CT molecular complexity index is 458. The number of benzene rings is 1. The van der Waals surface area contributed by atoms with E-state index in [9.17, 15) is 4.39 Å². The van der Waals surface area contributed by atoms with Gasteiger partial charge in [0.15, 0.2) is 0 Å². The molecule has 0 saturated heterocycles. The van der Waals surface area contributed by atoms with E-state index in [2.05, 4.69) is 15.4 Å². The van der Waals surface area contributed by atoms with E-state index in [1.807, 2.05) is 0 Å². The Morgan fingerprint density at radius 3 is 2.59 bits per heavy atom. The SMILES string of the molecule is NNC(Cc1ccc(F)cc1)c1cnccn1. The van der Waals surface area contributed by atoms with E-state index in [1.54, 1.807) is 30.7 Å². The van der Waals surface area contributed by atoms with Gasteiger partial charge in [0.25, 0.3) is 0 Å². The quantitative estimate of drug-likeness (QED) is 0.617. The second kappa shape index (κ2) is 5.47. The molecule has 2 aromatic rings. The van der Waals surface area contributed by atoms with Crippen LogP contribution < -0.4 is 11.3 Å². The summed E-state index contributed by atoms with van der Waals surface area (Å²) in [4.78, 5) is 8.18. The summed E-state index contributed by atoms with van der Waals surface area (Å²) in [5.74, 6) is 5.25. The largest absolute Gasteiger partial charge is 0.271 e. The third-order valence-corrected chi connectivity index (χ3v) is 2.49. The maximum Gasteiger partial charge on any atom is 0.123 e. The van der Waals surface area contributed by atoms with Gasteiger partial charge in [-0.05, 0) is 24.1 Å². The van der Waals surface area contributed by atoms with Crippen molar-refractivity contribution < 1.29 is 4.39 Å². The first-order chi connectivity index (χ1) is 8.29. The first-order valence-electron chi connectivity index (χ1n) is 5.26. The highest BCUT2D eigenvalue weighted by Gasteiger charge is 2.11. The number of nitrogens with zero attached hydrogens (tertiary/aromatic N) is 2. The number of hydrazine groups is 1. The fourth-order valence-corrected chi connectivity index (χ4v) is 1.60. The van der Waals surface area contributed by atoms with Crippen LogP contribution >= 0.6 is 0 Å². The molecular weight excluding hydrogens is 219 g/mol. The van der Waals surface area contributed by atoms with Gasteiger partial charge in [0.05, 0.1) is 17.9 Å². The minimum absolute atomic E-state index is 0.130. The second-order valence-electron chi connectivity index (χ2n) is 3.68. The molecule has 0 spiro atoms. The van der Waals surface area contributed by atoms with Gasteiger partial charge in [-0.15, -0.1) is 0 Å². The molecule has 88 valence electrons. The molecule has 0 aliphatic heterocycles. The Balaban J connectivity index is 2.13. The van der Waals surface area contributed by atoms with Gasteiger partial charge in [-0.25, -0.2) is 4.39 Å². The third kappa shape index (κ3) is 3.05. The van der Waals surface area contributed by atoms with Crippen molar-refractivity contribution in [2.75, 3.05) is 0 Å². The summed E-state index contributed by atoms with van der Waals surface area (Å²) in [6.45, 7) is 0. The monoisotopic (exact) mass is 232 g/mol. The summed E-state index contributed by atoms with van der Waals surface area (Å²) in [7, 11) is 0. The van der Waals surface area contributed by atoms with E-state index in [0.717, 1.165) is 11.3 Å². The zero-order chi connectivity index (χ0) is 12.1. The number of rotatable bonds is 4. The number of hydrogen-bond donors (Lipinski definition) is 2. The lowest BCUT2D eigenvalue weighted by Crippen LogP contribution is -2.30. The van der Waals surface area contributed by atoms with Crippen LogP contribution in [0.1, 0.15) is 17.3 Å². The standard InChI is InChI=1S/C12H13FN4/c13-10-3-1-9(2-4-10)7-11(17-14)12-8-15-5-6-16-12/h1-6,8,11,17H,7,14H2. The molecule has 0 aliphatic rings. The maximum atomic E-state index is 12.8. The number of hydrogen-bond acceptors (Lipinski definition) is 4. The first-order valence-corrected chi connectivity index (χ1v) is 5.26. The van der Waals surface area contributed by atoms with Crippen molar-refractivity contribution >= 4 is 0 Å². The summed E-state index contributed by atoms with van der Waals surface area (Å²) in [5.41, 5.74) is 4.43. The van der Waals surface area contributed by atoms with E-state index >= 15 is 0 Å². The van der Waals surface area contributed by atoms with Crippen molar-refractivity contribution in [1.29, 1.82) is 0 Å². The van der Waals surface area contributed by atoms with Crippen molar-refractivity contribution in [3.8, 4) is 0 Å². The van der Waals surface area contributed by atoms with Crippen LogP contribution in [-0.2, 0) is 6.42 Å². The fourth-order valence-electron chi connectivity index (χ4n) is 1.60. The van der Waals surface area contributed by atoms with Gasteiger partial charge in [0, 0.05) is 12.4 Å². The number of nitrogens with one attached hydrogen (secondary N) is 1. The van der Waals surface area contributed by atoms with Gasteiger partial charge in [-0.3, -0.25) is 21.2 Å². The molecule has 1 atom stereocenters. The minimum Gasteiger partial charge on any atom is -0.271 e. The van der Waals surface area contributed by atoms with E-state index in [0.29, 0.717) is 6.42 Å². The molecule has 3 N–H and O–H groups in total. The first kappa shape index (κ1) is 11.6. The van der Waals surface area contributed by atoms with Crippen molar-refractivity contribution in [1.82, 2.24) is 15.4 Å². The molecule has 2 rings (SSSR count). The van der Waals surface area contributed by atoms with Crippen LogP contribution in [-0.4, -0.2) is 9.97 Å². The van der Waals surface area contributed by atoms with Gasteiger partial charge >= 0.3 is 0 Å². The molecule has 0 amide bonds. The van der Waals surface area contributed by atoms with Crippen molar-refractivity contribution in [3.05, 3.63) is 59.9 Å². The molecule has 0 bridgehead atoms. The predicted molar refractivity (Wildman–Crippen MR) is 62.2 cm³/mol. The number of aromatic nitrogens is 2. The highest BCUT2D eigenvalue weighted by molar-refractivity contribution is 5.19. The zero-order valence-corrected chi connectivity index (χ0v) is 9.18. The van der Waals surface area contributed by atoms with E-state index in [4.69, 9.17) is 5.84 Å². The molecule has 0 aliphatic carbocycles. The highest BCUT2D eigenvalue weighted by atomic mass is 19.1. The second-order valence-corrected chi connectivity index (χ2v) is 3.68. The average Bonchev–Trinajstić information content (AvgIpc) is 2.39. The van der Waals surface area contributed by atoms with Gasteiger partial charge in [0.2, 0.25) is 0 Å². The average molecular weight is 232 g/mol. The lowest BCUT2D eigenvalue weighted by molar-refractivity contribution is 0.535. The summed E-state index contributed by atoms with van der Waals surface area (Å²) in [6, 6.07) is 6.19. The highest BCUT2D eigenvalue weighted by Crippen LogP contribution is 2.15. The van der Waals surface area contributed by atoms with Crippen molar-refractivity contribution in [3.63, 3.8) is 0 Å². The topological polar surface area (TPSA) is 63.8 Å². The van der Waals surface area contributed by atoms with Crippen LogP contribution in [0.4, 0.5) is 4.39 Å².